The predicted octanol–water partition coefficient (Wildman–Crippen LogP) is 3.89. The molecule has 0 saturated heterocycles. The molecular formula is C17H25NO2. The minimum absolute atomic E-state index is 0.345. The Hall–Kier alpha value is -1.22. The summed E-state index contributed by atoms with van der Waals surface area (Å²) in [5.41, 5.74) is 1.28. The van der Waals surface area contributed by atoms with E-state index < -0.39 is 0 Å². The lowest BCUT2D eigenvalue weighted by Gasteiger charge is -2.34. The van der Waals surface area contributed by atoms with Crippen molar-refractivity contribution in [2.75, 3.05) is 6.79 Å². The smallest absolute Gasteiger partial charge is 0.231 e. The summed E-state index contributed by atoms with van der Waals surface area (Å²) in [5.74, 6) is 3.41. The molecule has 1 fully saturated rings. The van der Waals surface area contributed by atoms with Crippen LogP contribution in [0, 0.1) is 11.8 Å². The molecule has 1 saturated carbocycles. The highest BCUT2D eigenvalue weighted by molar-refractivity contribution is 5.45. The molecule has 20 heavy (non-hydrogen) atoms. The Morgan fingerprint density at radius 1 is 1.05 bits per heavy atom. The fraction of sp³-hybridized carbons (Fsp3) is 0.647. The zero-order valence-corrected chi connectivity index (χ0v) is 12.7. The summed E-state index contributed by atoms with van der Waals surface area (Å²) < 4.78 is 10.8. The van der Waals surface area contributed by atoms with Crippen molar-refractivity contribution in [2.45, 2.75) is 52.1 Å². The van der Waals surface area contributed by atoms with E-state index in [1.807, 2.05) is 6.07 Å². The lowest BCUT2D eigenvalue weighted by molar-refractivity contribution is 0.174. The Balaban J connectivity index is 1.65. The van der Waals surface area contributed by atoms with E-state index in [1.54, 1.807) is 0 Å². The molecule has 3 nitrogen and oxygen atoms in total. The van der Waals surface area contributed by atoms with Gasteiger partial charge < -0.3 is 14.8 Å². The molecule has 1 aliphatic heterocycles. The van der Waals surface area contributed by atoms with E-state index >= 15 is 0 Å². The number of fused-ring (bicyclic) bond motifs is 1. The van der Waals surface area contributed by atoms with Gasteiger partial charge in [0.25, 0.3) is 0 Å². The summed E-state index contributed by atoms with van der Waals surface area (Å²) in [5, 5.41) is 3.79. The molecule has 3 rings (SSSR count). The summed E-state index contributed by atoms with van der Waals surface area (Å²) in [7, 11) is 0. The van der Waals surface area contributed by atoms with Crippen LogP contribution < -0.4 is 14.8 Å². The van der Waals surface area contributed by atoms with Gasteiger partial charge in [0, 0.05) is 12.1 Å². The molecule has 2 aliphatic rings. The second kappa shape index (κ2) is 5.65. The number of nitrogens with one attached hydrogen (secondary N) is 1. The molecule has 110 valence electrons. The van der Waals surface area contributed by atoms with Crippen molar-refractivity contribution >= 4 is 0 Å². The lowest BCUT2D eigenvalue weighted by Crippen LogP contribution is -2.37. The molecular weight excluding hydrogens is 250 g/mol. The predicted molar refractivity (Wildman–Crippen MR) is 80.1 cm³/mol. The van der Waals surface area contributed by atoms with Crippen LogP contribution in [0.3, 0.4) is 0 Å². The number of hydrogen-bond donors (Lipinski definition) is 1. The third-order valence-electron chi connectivity index (χ3n) is 4.56. The lowest BCUT2D eigenvalue weighted by atomic mass is 9.80. The van der Waals surface area contributed by atoms with Gasteiger partial charge in [-0.25, -0.2) is 0 Å². The van der Waals surface area contributed by atoms with E-state index in [9.17, 15) is 0 Å². The van der Waals surface area contributed by atoms with Gasteiger partial charge in [0.05, 0.1) is 0 Å². The maximum atomic E-state index is 5.46. The molecule has 3 unspecified atom stereocenters. The highest BCUT2D eigenvalue weighted by Gasteiger charge is 2.25. The van der Waals surface area contributed by atoms with Crippen molar-refractivity contribution in [1.29, 1.82) is 0 Å². The van der Waals surface area contributed by atoms with Crippen LogP contribution in [0.25, 0.3) is 0 Å². The Labute approximate surface area is 121 Å². The first-order valence-corrected chi connectivity index (χ1v) is 7.77. The van der Waals surface area contributed by atoms with E-state index in [1.165, 1.54) is 24.8 Å². The average molecular weight is 275 g/mol. The fourth-order valence-electron chi connectivity index (χ4n) is 3.72. The van der Waals surface area contributed by atoms with E-state index in [0.717, 1.165) is 23.3 Å². The molecule has 1 N–H and O–H groups in total. The summed E-state index contributed by atoms with van der Waals surface area (Å²) in [6.45, 7) is 7.32. The number of rotatable bonds is 3. The number of hydrogen-bond acceptors (Lipinski definition) is 3. The molecule has 3 atom stereocenters. The first-order chi connectivity index (χ1) is 9.61. The van der Waals surface area contributed by atoms with Crippen LogP contribution in [0.2, 0.25) is 0 Å². The molecule has 1 heterocycles. The van der Waals surface area contributed by atoms with Crippen LogP contribution in [-0.2, 0) is 0 Å². The fourth-order valence-corrected chi connectivity index (χ4v) is 3.72. The van der Waals surface area contributed by atoms with E-state index in [4.69, 9.17) is 9.47 Å². The maximum absolute atomic E-state index is 5.46. The van der Waals surface area contributed by atoms with E-state index in [2.05, 4.69) is 38.2 Å². The summed E-state index contributed by atoms with van der Waals surface area (Å²) >= 11 is 0. The van der Waals surface area contributed by atoms with Crippen LogP contribution in [0.5, 0.6) is 11.5 Å². The maximum Gasteiger partial charge on any atom is 0.231 e. The standard InChI is InChI=1S/C17H25NO2/c1-11-6-12(2)8-15(7-11)18-13(3)14-4-5-16-17(9-14)20-10-19-16/h4-5,9,11-13,15,18H,6-8,10H2,1-3H3. The van der Waals surface area contributed by atoms with Crippen molar-refractivity contribution in [3.8, 4) is 11.5 Å². The normalized spacial score (nSPS) is 30.2. The minimum Gasteiger partial charge on any atom is -0.454 e. The topological polar surface area (TPSA) is 30.5 Å². The van der Waals surface area contributed by atoms with Crippen molar-refractivity contribution in [1.82, 2.24) is 5.32 Å². The van der Waals surface area contributed by atoms with E-state index in [0.29, 0.717) is 18.9 Å². The van der Waals surface area contributed by atoms with Crippen LogP contribution in [0.1, 0.15) is 51.6 Å². The van der Waals surface area contributed by atoms with Gasteiger partial charge in [-0.1, -0.05) is 19.9 Å². The molecule has 0 radical (unpaired) electrons. The third-order valence-corrected chi connectivity index (χ3v) is 4.56. The van der Waals surface area contributed by atoms with Crippen molar-refractivity contribution in [3.05, 3.63) is 23.8 Å². The van der Waals surface area contributed by atoms with Gasteiger partial charge in [-0.2, -0.15) is 0 Å². The molecule has 3 heteroatoms. The summed E-state index contributed by atoms with van der Waals surface area (Å²) in [6.07, 6.45) is 3.95. The summed E-state index contributed by atoms with van der Waals surface area (Å²) in [4.78, 5) is 0. The average Bonchev–Trinajstić information content (AvgIpc) is 2.84. The number of benzene rings is 1. The second-order valence-electron chi connectivity index (χ2n) is 6.62. The van der Waals surface area contributed by atoms with Gasteiger partial charge in [0.15, 0.2) is 11.5 Å². The Bertz CT molecular complexity index is 464. The highest BCUT2D eigenvalue weighted by atomic mass is 16.7. The summed E-state index contributed by atoms with van der Waals surface area (Å²) in [6, 6.07) is 7.25. The Morgan fingerprint density at radius 2 is 1.75 bits per heavy atom. The molecule has 0 amide bonds. The zero-order chi connectivity index (χ0) is 14.1. The molecule has 1 aromatic rings. The van der Waals surface area contributed by atoms with E-state index in [-0.39, 0.29) is 0 Å². The van der Waals surface area contributed by atoms with Gasteiger partial charge in [0.2, 0.25) is 6.79 Å². The van der Waals surface area contributed by atoms with Crippen molar-refractivity contribution in [3.63, 3.8) is 0 Å². The molecule has 1 aliphatic carbocycles. The number of ether oxygens (including phenoxy) is 2. The van der Waals surface area contributed by atoms with Crippen LogP contribution >= 0.6 is 0 Å². The SMILES string of the molecule is CC1CC(C)CC(NC(C)c2ccc3c(c2)OCO3)C1. The van der Waals surface area contributed by atoms with Gasteiger partial charge in [-0.3, -0.25) is 0 Å². The van der Waals surface area contributed by atoms with Crippen molar-refractivity contribution < 1.29 is 9.47 Å². The molecule has 1 aromatic carbocycles. The third kappa shape index (κ3) is 2.93. The van der Waals surface area contributed by atoms with Crippen LogP contribution in [-0.4, -0.2) is 12.8 Å². The van der Waals surface area contributed by atoms with Crippen LogP contribution in [0.15, 0.2) is 18.2 Å². The largest absolute Gasteiger partial charge is 0.454 e. The molecule has 0 bridgehead atoms. The first kappa shape index (κ1) is 13.7. The zero-order valence-electron chi connectivity index (χ0n) is 12.7. The molecule has 0 spiro atoms. The first-order valence-electron chi connectivity index (χ1n) is 7.77. The monoisotopic (exact) mass is 275 g/mol. The van der Waals surface area contributed by atoms with Gasteiger partial charge in [-0.15, -0.1) is 0 Å². The Morgan fingerprint density at radius 3 is 2.50 bits per heavy atom. The van der Waals surface area contributed by atoms with Gasteiger partial charge in [0.1, 0.15) is 0 Å². The quantitative estimate of drug-likeness (QED) is 0.907. The second-order valence-corrected chi connectivity index (χ2v) is 6.62. The van der Waals surface area contributed by atoms with Gasteiger partial charge in [-0.05, 0) is 55.7 Å². The minimum atomic E-state index is 0.345. The van der Waals surface area contributed by atoms with Crippen molar-refractivity contribution in [2.24, 2.45) is 11.8 Å². The Kier molecular flexibility index (Phi) is 3.88. The highest BCUT2D eigenvalue weighted by Crippen LogP contribution is 2.35. The molecule has 0 aromatic heterocycles. The van der Waals surface area contributed by atoms with Crippen LogP contribution in [0.4, 0.5) is 0 Å². The van der Waals surface area contributed by atoms with Gasteiger partial charge >= 0.3 is 0 Å².